The zero-order valence-corrected chi connectivity index (χ0v) is 18.5. The van der Waals surface area contributed by atoms with Crippen LogP contribution in [0.3, 0.4) is 0 Å². The number of hydrogen-bond acceptors (Lipinski definition) is 4. The standard InChI is InChI=1S/C24H27N7O/c1-24(2,3)29-23(32)30-9-5-16(6-10-30)21-13-19-20(4-8-26-22(19)28-21)27-17-7-11-31-15-25-14-18(31)12-17/h4-5,7-8,11-15H,6,9-10H2,1-3H3,(H,29,32)(H2,26,27,28). The van der Waals surface area contributed by atoms with Crippen LogP contribution in [0.4, 0.5) is 16.2 Å². The molecule has 0 aromatic carbocycles. The maximum Gasteiger partial charge on any atom is 0.318 e. The highest BCUT2D eigenvalue weighted by molar-refractivity contribution is 5.94. The van der Waals surface area contributed by atoms with E-state index in [2.05, 4.69) is 43.8 Å². The summed E-state index contributed by atoms with van der Waals surface area (Å²) in [6.07, 6.45) is 10.3. The zero-order valence-electron chi connectivity index (χ0n) is 18.5. The minimum absolute atomic E-state index is 0.0206. The number of aromatic nitrogens is 4. The Labute approximate surface area is 186 Å². The molecule has 0 fully saturated rings. The van der Waals surface area contributed by atoms with Crippen molar-refractivity contribution in [3.8, 4) is 0 Å². The third-order valence-electron chi connectivity index (χ3n) is 5.55. The monoisotopic (exact) mass is 429 g/mol. The van der Waals surface area contributed by atoms with Crippen LogP contribution in [0.25, 0.3) is 22.1 Å². The molecule has 2 amide bonds. The summed E-state index contributed by atoms with van der Waals surface area (Å²) >= 11 is 0. The van der Waals surface area contributed by atoms with Crippen LogP contribution in [0, 0.1) is 0 Å². The van der Waals surface area contributed by atoms with Crippen molar-refractivity contribution in [1.29, 1.82) is 0 Å². The molecule has 1 aliphatic rings. The van der Waals surface area contributed by atoms with Gasteiger partial charge in [-0.3, -0.25) is 0 Å². The summed E-state index contributed by atoms with van der Waals surface area (Å²) < 4.78 is 1.97. The molecule has 5 rings (SSSR count). The van der Waals surface area contributed by atoms with E-state index in [4.69, 9.17) is 0 Å². The fraction of sp³-hybridized carbons (Fsp3) is 0.292. The normalized spacial score (nSPS) is 14.6. The molecule has 0 atom stereocenters. The number of nitrogens with one attached hydrogen (secondary N) is 3. The maximum absolute atomic E-state index is 12.4. The summed E-state index contributed by atoms with van der Waals surface area (Å²) in [4.78, 5) is 26.4. The van der Waals surface area contributed by atoms with Gasteiger partial charge >= 0.3 is 6.03 Å². The van der Waals surface area contributed by atoms with Gasteiger partial charge in [0.25, 0.3) is 0 Å². The number of imidazole rings is 1. The van der Waals surface area contributed by atoms with Crippen LogP contribution in [-0.2, 0) is 0 Å². The number of aromatic amines is 1. The van der Waals surface area contributed by atoms with Gasteiger partial charge in [-0.1, -0.05) is 6.08 Å². The lowest BCUT2D eigenvalue weighted by Crippen LogP contribution is -2.49. The minimum Gasteiger partial charge on any atom is -0.355 e. The van der Waals surface area contributed by atoms with Crippen LogP contribution < -0.4 is 10.6 Å². The first kappa shape index (κ1) is 20.1. The predicted octanol–water partition coefficient (Wildman–Crippen LogP) is 4.55. The molecule has 4 aromatic rings. The Morgan fingerprint density at radius 3 is 2.88 bits per heavy atom. The number of urea groups is 1. The molecule has 0 spiro atoms. The summed E-state index contributed by atoms with van der Waals surface area (Å²) in [6, 6.07) is 8.18. The van der Waals surface area contributed by atoms with E-state index >= 15 is 0 Å². The van der Waals surface area contributed by atoms with Crippen LogP contribution in [0.15, 0.2) is 55.3 Å². The zero-order chi connectivity index (χ0) is 22.3. The van der Waals surface area contributed by atoms with Crippen LogP contribution in [-0.4, -0.2) is 48.9 Å². The summed E-state index contributed by atoms with van der Waals surface area (Å²) in [5.74, 6) is 0. The van der Waals surface area contributed by atoms with Gasteiger partial charge in [0.15, 0.2) is 0 Å². The van der Waals surface area contributed by atoms with Crippen molar-refractivity contribution in [1.82, 2.24) is 29.6 Å². The lowest BCUT2D eigenvalue weighted by molar-refractivity contribution is 0.193. The van der Waals surface area contributed by atoms with Crippen molar-refractivity contribution >= 4 is 39.5 Å². The molecular formula is C24H27N7O. The smallest absolute Gasteiger partial charge is 0.318 e. The summed E-state index contributed by atoms with van der Waals surface area (Å²) in [5.41, 5.74) is 5.86. The number of rotatable bonds is 3. The third-order valence-corrected chi connectivity index (χ3v) is 5.55. The summed E-state index contributed by atoms with van der Waals surface area (Å²) in [7, 11) is 0. The predicted molar refractivity (Wildman–Crippen MR) is 127 cm³/mol. The first-order valence-electron chi connectivity index (χ1n) is 10.8. The van der Waals surface area contributed by atoms with Crippen LogP contribution >= 0.6 is 0 Å². The summed E-state index contributed by atoms with van der Waals surface area (Å²) in [6.45, 7) is 7.26. The van der Waals surface area contributed by atoms with E-state index in [0.29, 0.717) is 13.1 Å². The second kappa shape index (κ2) is 7.71. The Morgan fingerprint density at radius 2 is 2.09 bits per heavy atom. The van der Waals surface area contributed by atoms with Gasteiger partial charge in [-0.15, -0.1) is 0 Å². The molecule has 5 heterocycles. The largest absolute Gasteiger partial charge is 0.355 e. The highest BCUT2D eigenvalue weighted by Crippen LogP contribution is 2.30. The number of amides is 2. The maximum atomic E-state index is 12.4. The average molecular weight is 430 g/mol. The van der Waals surface area contributed by atoms with E-state index in [1.54, 1.807) is 12.5 Å². The third kappa shape index (κ3) is 4.03. The van der Waals surface area contributed by atoms with Crippen molar-refractivity contribution < 1.29 is 4.79 Å². The van der Waals surface area contributed by atoms with E-state index in [1.807, 2.05) is 54.6 Å². The molecule has 0 unspecified atom stereocenters. The molecule has 0 radical (unpaired) electrons. The molecule has 0 bridgehead atoms. The lowest BCUT2D eigenvalue weighted by Gasteiger charge is -2.30. The van der Waals surface area contributed by atoms with Gasteiger partial charge < -0.3 is 24.9 Å². The Balaban J connectivity index is 1.37. The molecule has 164 valence electrons. The van der Waals surface area contributed by atoms with Crippen molar-refractivity contribution in [3.63, 3.8) is 0 Å². The van der Waals surface area contributed by atoms with Gasteiger partial charge in [0.1, 0.15) is 5.65 Å². The van der Waals surface area contributed by atoms with Crippen LogP contribution in [0.2, 0.25) is 0 Å². The first-order chi connectivity index (χ1) is 15.4. The number of carbonyl (C=O) groups excluding carboxylic acids is 1. The quantitative estimate of drug-likeness (QED) is 0.446. The molecule has 4 aromatic heterocycles. The molecule has 1 aliphatic heterocycles. The Morgan fingerprint density at radius 1 is 1.22 bits per heavy atom. The van der Waals surface area contributed by atoms with Gasteiger partial charge in [-0.05, 0) is 57.0 Å². The molecule has 0 saturated carbocycles. The number of nitrogens with zero attached hydrogens (tertiary/aromatic N) is 4. The molecule has 8 heteroatoms. The molecule has 8 nitrogen and oxygen atoms in total. The van der Waals surface area contributed by atoms with E-state index in [1.165, 1.54) is 5.57 Å². The second-order valence-corrected chi connectivity index (χ2v) is 9.18. The lowest BCUT2D eigenvalue weighted by atomic mass is 10.0. The SMILES string of the molecule is CC(C)(C)NC(=O)N1CC=C(c2cc3c(Nc4ccn5cncc5c4)ccnc3[nH]2)CC1. The first-order valence-corrected chi connectivity index (χ1v) is 10.8. The van der Waals surface area contributed by atoms with Gasteiger partial charge in [0.05, 0.1) is 23.7 Å². The number of pyridine rings is 2. The number of anilines is 2. The van der Waals surface area contributed by atoms with E-state index < -0.39 is 0 Å². The fourth-order valence-corrected chi connectivity index (χ4v) is 3.96. The number of fused-ring (bicyclic) bond motifs is 2. The Bertz CT molecular complexity index is 1330. The van der Waals surface area contributed by atoms with E-state index in [-0.39, 0.29) is 11.6 Å². The number of hydrogen-bond donors (Lipinski definition) is 3. The highest BCUT2D eigenvalue weighted by atomic mass is 16.2. The Kier molecular flexibility index (Phi) is 4.84. The van der Waals surface area contributed by atoms with E-state index in [9.17, 15) is 4.79 Å². The fourth-order valence-electron chi connectivity index (χ4n) is 3.96. The number of H-pyrrole nitrogens is 1. The molecule has 0 saturated heterocycles. The summed E-state index contributed by atoms with van der Waals surface area (Å²) in [5, 5.41) is 7.57. The van der Waals surface area contributed by atoms with Crippen LogP contribution in [0.5, 0.6) is 0 Å². The van der Waals surface area contributed by atoms with Crippen molar-refractivity contribution in [2.75, 3.05) is 18.4 Å². The van der Waals surface area contributed by atoms with Gasteiger partial charge in [0.2, 0.25) is 0 Å². The molecule has 32 heavy (non-hydrogen) atoms. The van der Waals surface area contributed by atoms with Crippen LogP contribution in [0.1, 0.15) is 32.9 Å². The van der Waals surface area contributed by atoms with Crippen molar-refractivity contribution in [2.24, 2.45) is 0 Å². The van der Waals surface area contributed by atoms with Crippen molar-refractivity contribution in [2.45, 2.75) is 32.7 Å². The highest BCUT2D eigenvalue weighted by Gasteiger charge is 2.22. The van der Waals surface area contributed by atoms with Gasteiger partial charge in [0, 0.05) is 47.8 Å². The number of carbonyl (C=O) groups is 1. The topological polar surface area (TPSA) is 90.3 Å². The van der Waals surface area contributed by atoms with Gasteiger partial charge in [-0.25, -0.2) is 14.8 Å². The van der Waals surface area contributed by atoms with Crippen molar-refractivity contribution in [3.05, 3.63) is 61.0 Å². The molecular weight excluding hydrogens is 402 g/mol. The second-order valence-electron chi connectivity index (χ2n) is 9.18. The van der Waals surface area contributed by atoms with E-state index in [0.717, 1.165) is 40.0 Å². The average Bonchev–Trinajstić information content (AvgIpc) is 3.40. The minimum atomic E-state index is -0.240. The van der Waals surface area contributed by atoms with Gasteiger partial charge in [-0.2, -0.15) is 0 Å². The molecule has 3 N–H and O–H groups in total. The molecule has 0 aliphatic carbocycles. The Hall–Kier alpha value is -3.81.